The summed E-state index contributed by atoms with van der Waals surface area (Å²) < 4.78 is 2.41. The predicted molar refractivity (Wildman–Crippen MR) is 62.3 cm³/mol. The Bertz CT molecular complexity index is 509. The molecule has 2 aromatic rings. The Hall–Kier alpha value is -1.14. The lowest BCUT2D eigenvalue weighted by atomic mass is 10.5. The second-order valence-corrected chi connectivity index (χ2v) is 4.32. The maximum atomic E-state index is 5.83. The minimum absolute atomic E-state index is 0.373. The summed E-state index contributed by atoms with van der Waals surface area (Å²) in [5.74, 6) is 1.19. The van der Waals surface area contributed by atoms with Gasteiger partial charge in [0.15, 0.2) is 0 Å². The Morgan fingerprint density at radius 1 is 1.67 bits per heavy atom. The summed E-state index contributed by atoms with van der Waals surface area (Å²) in [5, 5.41) is 7.49. The van der Waals surface area contributed by atoms with E-state index in [0.29, 0.717) is 17.5 Å². The first-order valence-electron chi connectivity index (χ1n) is 4.10. The van der Waals surface area contributed by atoms with Crippen molar-refractivity contribution in [2.24, 2.45) is 0 Å². The van der Waals surface area contributed by atoms with Gasteiger partial charge >= 0.3 is 0 Å². The smallest absolute Gasteiger partial charge is 0.255 e. The molecule has 15 heavy (non-hydrogen) atoms. The molecule has 0 fully saturated rings. The molecule has 2 heterocycles. The molecule has 0 aliphatic rings. The van der Waals surface area contributed by atoms with E-state index in [4.69, 9.17) is 11.6 Å². The maximum Gasteiger partial charge on any atom is 0.255 e. The van der Waals surface area contributed by atoms with Crippen molar-refractivity contribution in [3.05, 3.63) is 28.6 Å². The van der Waals surface area contributed by atoms with Crippen LogP contribution in [-0.2, 0) is 0 Å². The van der Waals surface area contributed by atoms with Gasteiger partial charge in [-0.1, -0.05) is 34.1 Å². The minimum Gasteiger partial charge on any atom is -0.365 e. The normalized spacial score (nSPS) is 10.5. The fourth-order valence-corrected chi connectivity index (χ4v) is 1.41. The minimum atomic E-state index is 0.373. The van der Waals surface area contributed by atoms with Crippen molar-refractivity contribution >= 4 is 39.1 Å². The number of nitrogens with one attached hydrogen (secondary N) is 1. The number of halogens is 2. The van der Waals surface area contributed by atoms with Crippen LogP contribution in [0, 0.1) is 0 Å². The molecule has 0 bridgehead atoms. The summed E-state index contributed by atoms with van der Waals surface area (Å²) >= 11 is 9.08. The second kappa shape index (κ2) is 4.16. The molecular formula is C8H7BrClN5. The largest absolute Gasteiger partial charge is 0.365 e. The lowest BCUT2D eigenvalue weighted by Crippen LogP contribution is -2.07. The molecule has 2 aromatic heterocycles. The second-order valence-electron chi connectivity index (χ2n) is 2.81. The molecule has 0 amide bonds. The van der Waals surface area contributed by atoms with Gasteiger partial charge in [-0.2, -0.15) is 19.6 Å². The van der Waals surface area contributed by atoms with Gasteiger partial charge in [0.1, 0.15) is 17.3 Å². The Labute approximate surface area is 99.3 Å². The number of hydrogen-bond donors (Lipinski definition) is 1. The van der Waals surface area contributed by atoms with Gasteiger partial charge in [0.25, 0.3) is 5.78 Å². The van der Waals surface area contributed by atoms with Crippen LogP contribution >= 0.6 is 27.5 Å². The SMILES string of the molecule is C=C(Br)CNc1cc(Cl)nc2ncnn12. The fraction of sp³-hybridized carbons (Fsp3) is 0.125. The third-order valence-corrected chi connectivity index (χ3v) is 2.16. The van der Waals surface area contributed by atoms with E-state index in [1.54, 1.807) is 10.6 Å². The number of nitrogens with zero attached hydrogens (tertiary/aromatic N) is 4. The number of aromatic nitrogens is 4. The van der Waals surface area contributed by atoms with E-state index in [1.807, 2.05) is 0 Å². The van der Waals surface area contributed by atoms with Crippen molar-refractivity contribution in [1.29, 1.82) is 0 Å². The van der Waals surface area contributed by atoms with E-state index >= 15 is 0 Å². The van der Waals surface area contributed by atoms with E-state index in [0.717, 1.165) is 10.3 Å². The van der Waals surface area contributed by atoms with Gasteiger partial charge in [-0.25, -0.2) is 0 Å². The Balaban J connectivity index is 2.39. The summed E-state index contributed by atoms with van der Waals surface area (Å²) in [4.78, 5) is 7.95. The summed E-state index contributed by atoms with van der Waals surface area (Å²) in [6, 6.07) is 1.68. The molecule has 1 N–H and O–H groups in total. The van der Waals surface area contributed by atoms with Crippen LogP contribution < -0.4 is 5.32 Å². The third-order valence-electron chi connectivity index (χ3n) is 1.68. The first-order valence-corrected chi connectivity index (χ1v) is 5.27. The average Bonchev–Trinajstić information content (AvgIpc) is 2.61. The highest BCUT2D eigenvalue weighted by atomic mass is 79.9. The van der Waals surface area contributed by atoms with E-state index in [9.17, 15) is 0 Å². The van der Waals surface area contributed by atoms with Crippen LogP contribution in [0.25, 0.3) is 5.78 Å². The zero-order chi connectivity index (χ0) is 10.8. The van der Waals surface area contributed by atoms with Crippen LogP contribution in [0.5, 0.6) is 0 Å². The number of fused-ring (bicyclic) bond motifs is 1. The first kappa shape index (κ1) is 10.4. The molecule has 7 heteroatoms. The van der Waals surface area contributed by atoms with E-state index < -0.39 is 0 Å². The lowest BCUT2D eigenvalue weighted by Gasteiger charge is -2.06. The first-order chi connectivity index (χ1) is 7.16. The Morgan fingerprint density at radius 3 is 3.20 bits per heavy atom. The highest BCUT2D eigenvalue weighted by Crippen LogP contribution is 2.15. The average molecular weight is 289 g/mol. The zero-order valence-electron chi connectivity index (χ0n) is 7.61. The fourth-order valence-electron chi connectivity index (χ4n) is 1.10. The molecule has 5 nitrogen and oxygen atoms in total. The third kappa shape index (κ3) is 2.27. The topological polar surface area (TPSA) is 55.1 Å². The van der Waals surface area contributed by atoms with Crippen molar-refractivity contribution in [3.63, 3.8) is 0 Å². The van der Waals surface area contributed by atoms with Crippen molar-refractivity contribution < 1.29 is 0 Å². The molecule has 0 aromatic carbocycles. The highest BCUT2D eigenvalue weighted by Gasteiger charge is 2.05. The van der Waals surface area contributed by atoms with Crippen LogP contribution in [0.1, 0.15) is 0 Å². The van der Waals surface area contributed by atoms with Crippen molar-refractivity contribution in [2.75, 3.05) is 11.9 Å². The number of rotatable bonds is 3. The molecule has 0 atom stereocenters. The van der Waals surface area contributed by atoms with Gasteiger partial charge in [-0.3, -0.25) is 0 Å². The maximum absolute atomic E-state index is 5.83. The molecule has 0 aliphatic carbocycles. The molecule has 0 unspecified atom stereocenters. The number of anilines is 1. The van der Waals surface area contributed by atoms with E-state index in [-0.39, 0.29) is 0 Å². The van der Waals surface area contributed by atoms with E-state index in [1.165, 1.54) is 6.33 Å². The molecule has 0 radical (unpaired) electrons. The molecule has 0 spiro atoms. The molecule has 0 aliphatic heterocycles. The van der Waals surface area contributed by atoms with Crippen LogP contribution in [0.15, 0.2) is 23.5 Å². The van der Waals surface area contributed by atoms with Crippen LogP contribution in [0.4, 0.5) is 5.82 Å². The van der Waals surface area contributed by atoms with Crippen molar-refractivity contribution in [2.45, 2.75) is 0 Å². The zero-order valence-corrected chi connectivity index (χ0v) is 9.96. The van der Waals surface area contributed by atoms with Gasteiger partial charge in [0.2, 0.25) is 0 Å². The van der Waals surface area contributed by atoms with Gasteiger partial charge in [-0.05, 0) is 0 Å². The number of hydrogen-bond acceptors (Lipinski definition) is 4. The molecule has 0 saturated heterocycles. The van der Waals surface area contributed by atoms with Crippen LogP contribution in [0.2, 0.25) is 5.15 Å². The summed E-state index contributed by atoms with van der Waals surface area (Å²) in [5.41, 5.74) is 0. The van der Waals surface area contributed by atoms with Crippen molar-refractivity contribution in [1.82, 2.24) is 19.6 Å². The van der Waals surface area contributed by atoms with Gasteiger partial charge in [-0.15, -0.1) is 0 Å². The van der Waals surface area contributed by atoms with Crippen LogP contribution in [-0.4, -0.2) is 26.1 Å². The standard InChI is InChI=1S/C8H7BrClN5/c1-5(9)3-11-7-2-6(10)14-8-12-4-13-15(7)8/h2,4,11H,1,3H2. The van der Waals surface area contributed by atoms with Gasteiger partial charge in [0, 0.05) is 17.1 Å². The van der Waals surface area contributed by atoms with Crippen LogP contribution in [0.3, 0.4) is 0 Å². The van der Waals surface area contributed by atoms with Gasteiger partial charge < -0.3 is 5.32 Å². The summed E-state index contributed by atoms with van der Waals surface area (Å²) in [6.45, 7) is 4.30. The summed E-state index contributed by atoms with van der Waals surface area (Å²) in [7, 11) is 0. The van der Waals surface area contributed by atoms with E-state index in [2.05, 4.69) is 42.9 Å². The predicted octanol–water partition coefficient (Wildman–Crippen LogP) is 2.10. The lowest BCUT2D eigenvalue weighted by molar-refractivity contribution is 0.937. The van der Waals surface area contributed by atoms with Crippen molar-refractivity contribution in [3.8, 4) is 0 Å². The Morgan fingerprint density at radius 2 is 2.47 bits per heavy atom. The molecule has 0 saturated carbocycles. The summed E-state index contributed by atoms with van der Waals surface area (Å²) in [6.07, 6.45) is 1.42. The molecule has 2 rings (SSSR count). The Kier molecular flexibility index (Phi) is 2.88. The molecule has 78 valence electrons. The highest BCUT2D eigenvalue weighted by molar-refractivity contribution is 9.11. The molecular weight excluding hydrogens is 281 g/mol. The monoisotopic (exact) mass is 287 g/mol. The van der Waals surface area contributed by atoms with Gasteiger partial charge in [0.05, 0.1) is 0 Å². The quantitative estimate of drug-likeness (QED) is 0.879.